The molecule has 0 fully saturated rings. The molecule has 0 aliphatic heterocycles. The second-order valence-electron chi connectivity index (χ2n) is 6.42. The third kappa shape index (κ3) is 4.97. The molecule has 7 heteroatoms. The first-order valence-electron chi connectivity index (χ1n) is 8.86. The summed E-state index contributed by atoms with van der Waals surface area (Å²) in [7, 11) is 1.97. The molecule has 0 saturated carbocycles. The van der Waals surface area contributed by atoms with E-state index in [4.69, 9.17) is 10.2 Å². The predicted octanol–water partition coefficient (Wildman–Crippen LogP) is 3.08. The van der Waals surface area contributed by atoms with Crippen molar-refractivity contribution in [1.82, 2.24) is 14.9 Å². The number of oxazole rings is 1. The number of hydrogen-bond acceptors (Lipinski definition) is 4. The lowest BCUT2D eigenvalue weighted by Crippen LogP contribution is -2.32. The Morgan fingerprint density at radius 3 is 2.67 bits per heavy atom. The van der Waals surface area contributed by atoms with Gasteiger partial charge in [0, 0.05) is 18.4 Å². The van der Waals surface area contributed by atoms with Crippen molar-refractivity contribution < 1.29 is 9.21 Å². The lowest BCUT2D eigenvalue weighted by molar-refractivity contribution is -0.117. The molecule has 0 bridgehead atoms. The summed E-state index contributed by atoms with van der Waals surface area (Å²) in [6, 6.07) is 4.00. The fourth-order valence-electron chi connectivity index (χ4n) is 2.52. The SMILES string of the molecule is CC/C=C(\C(=O)NCc1ccc(C)n1C)C(N)=NC(=C(C)C)c1ncco1. The topological polar surface area (TPSA) is 98.4 Å². The number of carbonyl (C=O) groups excluding carboxylic acids is 1. The highest BCUT2D eigenvalue weighted by Crippen LogP contribution is 2.19. The standard InChI is InChI=1S/C20H27N5O2/c1-6-7-16(19(26)23-12-15-9-8-14(4)25(15)5)18(21)24-17(13(2)3)20-22-10-11-27-20/h7-11H,6,12H2,1-5H3,(H2,21,24)(H,23,26)/b16-7-. The van der Waals surface area contributed by atoms with Crippen LogP contribution in [0.15, 0.2) is 51.2 Å². The first-order valence-corrected chi connectivity index (χ1v) is 8.86. The highest BCUT2D eigenvalue weighted by atomic mass is 16.3. The largest absolute Gasteiger partial charge is 0.443 e. The van der Waals surface area contributed by atoms with E-state index in [1.54, 1.807) is 12.3 Å². The van der Waals surface area contributed by atoms with Gasteiger partial charge in [-0.3, -0.25) is 4.79 Å². The van der Waals surface area contributed by atoms with Crippen molar-refractivity contribution in [3.05, 3.63) is 59.1 Å². The van der Waals surface area contributed by atoms with Crippen molar-refractivity contribution >= 4 is 17.4 Å². The Kier molecular flexibility index (Phi) is 6.76. The minimum absolute atomic E-state index is 0.131. The monoisotopic (exact) mass is 369 g/mol. The Balaban J connectivity index is 2.22. The van der Waals surface area contributed by atoms with Crippen molar-refractivity contribution in [3.63, 3.8) is 0 Å². The predicted molar refractivity (Wildman–Crippen MR) is 107 cm³/mol. The highest BCUT2D eigenvalue weighted by Gasteiger charge is 2.16. The number of hydrogen-bond donors (Lipinski definition) is 2. The molecule has 2 aromatic heterocycles. The average Bonchev–Trinajstić information content (AvgIpc) is 3.26. The lowest BCUT2D eigenvalue weighted by atomic mass is 10.1. The summed E-state index contributed by atoms with van der Waals surface area (Å²) < 4.78 is 7.36. The lowest BCUT2D eigenvalue weighted by Gasteiger charge is -2.11. The third-order valence-corrected chi connectivity index (χ3v) is 4.18. The maximum Gasteiger partial charge on any atom is 0.255 e. The summed E-state index contributed by atoms with van der Waals surface area (Å²) in [5.41, 5.74) is 10.0. The van der Waals surface area contributed by atoms with E-state index in [2.05, 4.69) is 15.3 Å². The van der Waals surface area contributed by atoms with Crippen molar-refractivity contribution in [3.8, 4) is 0 Å². The van der Waals surface area contributed by atoms with Gasteiger partial charge in [-0.15, -0.1) is 0 Å². The minimum atomic E-state index is -0.266. The molecule has 0 aliphatic carbocycles. The summed E-state index contributed by atoms with van der Waals surface area (Å²) >= 11 is 0. The van der Waals surface area contributed by atoms with Crippen LogP contribution >= 0.6 is 0 Å². The zero-order valence-corrected chi connectivity index (χ0v) is 16.5. The second kappa shape index (κ2) is 9.02. The van der Waals surface area contributed by atoms with Crippen LogP contribution in [-0.2, 0) is 18.4 Å². The normalized spacial score (nSPS) is 12.2. The first-order chi connectivity index (χ1) is 12.8. The van der Waals surface area contributed by atoms with Gasteiger partial charge in [-0.05, 0) is 44.9 Å². The molecule has 144 valence electrons. The van der Waals surface area contributed by atoms with Crippen molar-refractivity contribution in [1.29, 1.82) is 0 Å². The molecule has 0 spiro atoms. The molecule has 27 heavy (non-hydrogen) atoms. The number of nitrogens with one attached hydrogen (secondary N) is 1. The molecular formula is C20H27N5O2. The van der Waals surface area contributed by atoms with Gasteiger partial charge < -0.3 is 20.0 Å². The summed E-state index contributed by atoms with van der Waals surface area (Å²) in [4.78, 5) is 21.2. The summed E-state index contributed by atoms with van der Waals surface area (Å²) in [5, 5.41) is 2.91. The van der Waals surface area contributed by atoms with Crippen LogP contribution in [0.1, 0.15) is 44.5 Å². The third-order valence-electron chi connectivity index (χ3n) is 4.18. The van der Waals surface area contributed by atoms with Gasteiger partial charge in [-0.2, -0.15) is 0 Å². The van der Waals surface area contributed by atoms with Gasteiger partial charge in [0.2, 0.25) is 5.89 Å². The van der Waals surface area contributed by atoms with Crippen LogP contribution in [0.25, 0.3) is 5.70 Å². The number of amides is 1. The number of aliphatic imine (C=N–C) groups is 1. The van der Waals surface area contributed by atoms with Gasteiger partial charge in [-0.25, -0.2) is 9.98 Å². The molecule has 0 unspecified atom stereocenters. The van der Waals surface area contributed by atoms with Gasteiger partial charge in [0.25, 0.3) is 5.91 Å². The number of carbonyl (C=O) groups is 1. The molecule has 2 rings (SSSR count). The van der Waals surface area contributed by atoms with E-state index in [1.807, 2.05) is 51.4 Å². The van der Waals surface area contributed by atoms with Crippen LogP contribution in [0.3, 0.4) is 0 Å². The first kappa shape index (κ1) is 20.2. The number of aromatic nitrogens is 2. The highest BCUT2D eigenvalue weighted by molar-refractivity contribution is 6.21. The van der Waals surface area contributed by atoms with E-state index < -0.39 is 0 Å². The van der Waals surface area contributed by atoms with Gasteiger partial charge in [0.15, 0.2) is 0 Å². The zero-order chi connectivity index (χ0) is 20.0. The van der Waals surface area contributed by atoms with E-state index in [-0.39, 0.29) is 11.7 Å². The van der Waals surface area contributed by atoms with Crippen LogP contribution in [0.4, 0.5) is 0 Å². The number of amidine groups is 1. The van der Waals surface area contributed by atoms with E-state index in [1.165, 1.54) is 6.26 Å². The molecule has 7 nitrogen and oxygen atoms in total. The van der Waals surface area contributed by atoms with Crippen LogP contribution in [0, 0.1) is 6.92 Å². The molecular weight excluding hydrogens is 342 g/mol. The van der Waals surface area contributed by atoms with E-state index in [0.717, 1.165) is 17.0 Å². The van der Waals surface area contributed by atoms with E-state index >= 15 is 0 Å². The average molecular weight is 369 g/mol. The Hall–Kier alpha value is -3.09. The summed E-state index contributed by atoms with van der Waals surface area (Å²) in [6.07, 6.45) is 5.44. The molecule has 0 saturated heterocycles. The smallest absolute Gasteiger partial charge is 0.255 e. The van der Waals surface area contributed by atoms with Gasteiger partial charge in [-0.1, -0.05) is 13.0 Å². The van der Waals surface area contributed by atoms with Crippen molar-refractivity contribution in [2.24, 2.45) is 17.8 Å². The number of nitrogens with zero attached hydrogens (tertiary/aromatic N) is 3. The molecule has 1 amide bonds. The van der Waals surface area contributed by atoms with E-state index in [9.17, 15) is 4.79 Å². The molecule has 0 aliphatic rings. The molecule has 2 aromatic rings. The molecule has 0 radical (unpaired) electrons. The van der Waals surface area contributed by atoms with Crippen LogP contribution in [0.2, 0.25) is 0 Å². The van der Waals surface area contributed by atoms with Gasteiger partial charge >= 0.3 is 0 Å². The second-order valence-corrected chi connectivity index (χ2v) is 6.42. The van der Waals surface area contributed by atoms with Gasteiger partial charge in [0.05, 0.1) is 18.3 Å². The van der Waals surface area contributed by atoms with Crippen LogP contribution < -0.4 is 11.1 Å². The van der Waals surface area contributed by atoms with E-state index in [0.29, 0.717) is 30.1 Å². The Bertz CT molecular complexity index is 882. The van der Waals surface area contributed by atoms with Crippen LogP contribution in [0.5, 0.6) is 0 Å². The molecule has 2 heterocycles. The number of allylic oxidation sites excluding steroid dienone is 2. The maximum atomic E-state index is 12.7. The quantitative estimate of drug-likeness (QED) is 0.445. The minimum Gasteiger partial charge on any atom is -0.443 e. The summed E-state index contributed by atoms with van der Waals surface area (Å²) in [5.74, 6) is 0.234. The summed E-state index contributed by atoms with van der Waals surface area (Å²) in [6.45, 7) is 8.14. The molecule has 0 atom stereocenters. The molecule has 0 aromatic carbocycles. The fourth-order valence-corrected chi connectivity index (χ4v) is 2.52. The van der Waals surface area contributed by atoms with Crippen molar-refractivity contribution in [2.75, 3.05) is 0 Å². The maximum absolute atomic E-state index is 12.7. The zero-order valence-electron chi connectivity index (χ0n) is 16.5. The van der Waals surface area contributed by atoms with Crippen molar-refractivity contribution in [2.45, 2.75) is 40.7 Å². The number of aryl methyl sites for hydroxylation is 1. The number of nitrogens with two attached hydrogens (primary N) is 1. The van der Waals surface area contributed by atoms with Gasteiger partial charge in [0.1, 0.15) is 17.8 Å². The van der Waals surface area contributed by atoms with Crippen LogP contribution in [-0.4, -0.2) is 21.3 Å². The molecule has 3 N–H and O–H groups in total. The fraction of sp³-hybridized carbons (Fsp3) is 0.350. The Morgan fingerprint density at radius 1 is 1.41 bits per heavy atom. The number of rotatable bonds is 7. The Morgan fingerprint density at radius 2 is 2.15 bits per heavy atom. The Labute approximate surface area is 159 Å².